The van der Waals surface area contributed by atoms with Gasteiger partial charge in [0, 0.05) is 18.5 Å². The van der Waals surface area contributed by atoms with Crippen LogP contribution in [-0.4, -0.2) is 39.9 Å². The number of ether oxygens (including phenoxy) is 4. The van der Waals surface area contributed by atoms with Crippen LogP contribution >= 0.6 is 0 Å². The van der Waals surface area contributed by atoms with Gasteiger partial charge < -0.3 is 24.3 Å². The van der Waals surface area contributed by atoms with Gasteiger partial charge in [0.15, 0.2) is 6.61 Å². The lowest BCUT2D eigenvalue weighted by atomic mass is 9.96. The fourth-order valence-corrected chi connectivity index (χ4v) is 2.80. The van der Waals surface area contributed by atoms with Crippen molar-refractivity contribution >= 4 is 5.91 Å². The van der Waals surface area contributed by atoms with Crippen LogP contribution in [0.4, 0.5) is 0 Å². The molecule has 26 heavy (non-hydrogen) atoms. The molecule has 6 heteroatoms. The lowest BCUT2D eigenvalue weighted by molar-refractivity contribution is -0.123. The molecule has 138 valence electrons. The molecule has 1 heterocycles. The van der Waals surface area contributed by atoms with Gasteiger partial charge in [0.25, 0.3) is 5.91 Å². The molecule has 1 N–H and O–H groups in total. The highest BCUT2D eigenvalue weighted by molar-refractivity contribution is 5.77. The van der Waals surface area contributed by atoms with Crippen molar-refractivity contribution < 1.29 is 23.7 Å². The van der Waals surface area contributed by atoms with Crippen molar-refractivity contribution in [1.29, 1.82) is 0 Å². The molecular formula is C20H23NO5. The van der Waals surface area contributed by atoms with Gasteiger partial charge in [-0.25, -0.2) is 0 Å². The Labute approximate surface area is 153 Å². The molecule has 0 fully saturated rings. The van der Waals surface area contributed by atoms with Gasteiger partial charge in [-0.1, -0.05) is 6.07 Å². The summed E-state index contributed by atoms with van der Waals surface area (Å²) in [6.45, 7) is 1.10. The summed E-state index contributed by atoms with van der Waals surface area (Å²) >= 11 is 0. The number of hydrogen-bond donors (Lipinski definition) is 1. The number of nitrogens with one attached hydrogen (secondary N) is 1. The Hall–Kier alpha value is -2.89. The molecule has 0 spiro atoms. The zero-order chi connectivity index (χ0) is 18.4. The summed E-state index contributed by atoms with van der Waals surface area (Å²) in [4.78, 5) is 12.0. The quantitative estimate of drug-likeness (QED) is 0.825. The molecule has 6 nitrogen and oxygen atoms in total. The van der Waals surface area contributed by atoms with Crippen molar-refractivity contribution in [1.82, 2.24) is 5.32 Å². The molecule has 0 bridgehead atoms. The monoisotopic (exact) mass is 357 g/mol. The Kier molecular flexibility index (Phi) is 5.84. The van der Waals surface area contributed by atoms with Crippen LogP contribution in [-0.2, 0) is 11.2 Å². The van der Waals surface area contributed by atoms with E-state index in [0.717, 1.165) is 29.2 Å². The fraction of sp³-hybridized carbons (Fsp3) is 0.350. The van der Waals surface area contributed by atoms with Crippen LogP contribution in [0.1, 0.15) is 5.56 Å². The minimum absolute atomic E-state index is 0.0201. The van der Waals surface area contributed by atoms with Crippen molar-refractivity contribution in [3.05, 3.63) is 48.0 Å². The predicted octanol–water partition coefficient (Wildman–Crippen LogP) is 2.45. The van der Waals surface area contributed by atoms with Crippen molar-refractivity contribution in [3.63, 3.8) is 0 Å². The molecule has 2 aromatic carbocycles. The summed E-state index contributed by atoms with van der Waals surface area (Å²) in [7, 11) is 3.24. The molecule has 1 atom stereocenters. The predicted molar refractivity (Wildman–Crippen MR) is 97.2 cm³/mol. The van der Waals surface area contributed by atoms with Crippen LogP contribution in [0, 0.1) is 5.92 Å². The van der Waals surface area contributed by atoms with E-state index in [0.29, 0.717) is 18.9 Å². The number of benzene rings is 2. The summed E-state index contributed by atoms with van der Waals surface area (Å²) < 4.78 is 21.6. The molecule has 0 saturated heterocycles. The Morgan fingerprint density at radius 3 is 2.50 bits per heavy atom. The average molecular weight is 357 g/mol. The highest BCUT2D eigenvalue weighted by atomic mass is 16.5. The number of carbonyl (C=O) groups is 1. The number of fused-ring (bicyclic) bond motifs is 1. The molecule has 2 aromatic rings. The van der Waals surface area contributed by atoms with E-state index in [4.69, 9.17) is 18.9 Å². The number of amides is 1. The molecule has 1 aliphatic rings. The first-order valence-corrected chi connectivity index (χ1v) is 8.51. The van der Waals surface area contributed by atoms with Crippen LogP contribution in [0.2, 0.25) is 0 Å². The van der Waals surface area contributed by atoms with E-state index in [-0.39, 0.29) is 18.4 Å². The molecule has 0 aliphatic carbocycles. The van der Waals surface area contributed by atoms with Gasteiger partial charge in [0.1, 0.15) is 23.0 Å². The van der Waals surface area contributed by atoms with Crippen molar-refractivity contribution in [2.24, 2.45) is 5.92 Å². The Balaban J connectivity index is 1.43. The van der Waals surface area contributed by atoms with Crippen LogP contribution in [0.15, 0.2) is 42.5 Å². The standard InChI is InChI=1S/C20H23NO5/c1-23-16-5-7-17(8-6-16)25-13-20(22)21-11-14-9-15-3-4-18(24-2)10-19(15)26-12-14/h3-8,10,14H,9,11-13H2,1-2H3,(H,21,22)/t14-/m0/s1. The van der Waals surface area contributed by atoms with E-state index in [9.17, 15) is 4.79 Å². The number of carbonyl (C=O) groups excluding carboxylic acids is 1. The summed E-state index contributed by atoms with van der Waals surface area (Å²) in [5.41, 5.74) is 1.13. The van der Waals surface area contributed by atoms with Gasteiger partial charge >= 0.3 is 0 Å². The normalized spacial score (nSPS) is 15.4. The van der Waals surface area contributed by atoms with Crippen LogP contribution < -0.4 is 24.3 Å². The minimum atomic E-state index is -0.152. The molecule has 1 aliphatic heterocycles. The number of methoxy groups -OCH3 is 2. The number of rotatable bonds is 7. The van der Waals surface area contributed by atoms with Crippen LogP contribution in [0.25, 0.3) is 0 Å². The Morgan fingerprint density at radius 1 is 1.08 bits per heavy atom. The fourth-order valence-electron chi connectivity index (χ4n) is 2.80. The van der Waals surface area contributed by atoms with Gasteiger partial charge in [-0.3, -0.25) is 4.79 Å². The van der Waals surface area contributed by atoms with Gasteiger partial charge in [0.2, 0.25) is 0 Å². The maximum Gasteiger partial charge on any atom is 0.257 e. The average Bonchev–Trinajstić information content (AvgIpc) is 2.70. The summed E-state index contributed by atoms with van der Waals surface area (Å²) in [6.07, 6.45) is 0.860. The third kappa shape index (κ3) is 4.59. The van der Waals surface area contributed by atoms with E-state index in [1.807, 2.05) is 18.2 Å². The maximum atomic E-state index is 12.0. The van der Waals surface area contributed by atoms with E-state index < -0.39 is 0 Å². The first-order chi connectivity index (χ1) is 12.7. The lowest BCUT2D eigenvalue weighted by Crippen LogP contribution is -2.37. The topological polar surface area (TPSA) is 66.0 Å². The highest BCUT2D eigenvalue weighted by Crippen LogP contribution is 2.30. The van der Waals surface area contributed by atoms with E-state index in [2.05, 4.69) is 5.32 Å². The third-order valence-electron chi connectivity index (χ3n) is 4.27. The number of hydrogen-bond acceptors (Lipinski definition) is 5. The smallest absolute Gasteiger partial charge is 0.257 e. The first-order valence-electron chi connectivity index (χ1n) is 8.51. The van der Waals surface area contributed by atoms with Gasteiger partial charge in [-0.2, -0.15) is 0 Å². The van der Waals surface area contributed by atoms with Crippen molar-refractivity contribution in [2.75, 3.05) is 34.0 Å². The first kappa shape index (κ1) is 17.9. The SMILES string of the molecule is COc1ccc(OCC(=O)NC[C@H]2COc3cc(OC)ccc3C2)cc1. The molecular weight excluding hydrogens is 334 g/mol. The zero-order valence-electron chi connectivity index (χ0n) is 15.0. The summed E-state index contributed by atoms with van der Waals surface area (Å²) in [5, 5.41) is 2.91. The van der Waals surface area contributed by atoms with Gasteiger partial charge in [-0.05, 0) is 42.3 Å². The van der Waals surface area contributed by atoms with Crippen LogP contribution in [0.5, 0.6) is 23.0 Å². The summed E-state index contributed by atoms with van der Waals surface area (Å²) in [6, 6.07) is 12.9. The van der Waals surface area contributed by atoms with E-state index in [1.54, 1.807) is 38.5 Å². The van der Waals surface area contributed by atoms with Crippen molar-refractivity contribution in [3.8, 4) is 23.0 Å². The second-order valence-corrected chi connectivity index (χ2v) is 6.12. The Morgan fingerprint density at radius 2 is 1.77 bits per heavy atom. The molecule has 3 rings (SSSR count). The van der Waals surface area contributed by atoms with Crippen molar-refractivity contribution in [2.45, 2.75) is 6.42 Å². The van der Waals surface area contributed by atoms with Gasteiger partial charge in [-0.15, -0.1) is 0 Å². The highest BCUT2D eigenvalue weighted by Gasteiger charge is 2.21. The minimum Gasteiger partial charge on any atom is -0.497 e. The molecule has 0 saturated carbocycles. The molecule has 0 aromatic heterocycles. The second-order valence-electron chi connectivity index (χ2n) is 6.12. The summed E-state index contributed by atoms with van der Waals surface area (Å²) in [5.74, 6) is 3.10. The van der Waals surface area contributed by atoms with E-state index >= 15 is 0 Å². The molecule has 1 amide bonds. The van der Waals surface area contributed by atoms with Crippen LogP contribution in [0.3, 0.4) is 0 Å². The third-order valence-corrected chi connectivity index (χ3v) is 4.27. The maximum absolute atomic E-state index is 12.0. The second kappa shape index (κ2) is 8.47. The zero-order valence-corrected chi connectivity index (χ0v) is 15.0. The molecule has 0 radical (unpaired) electrons. The molecule has 0 unspecified atom stereocenters. The van der Waals surface area contributed by atoms with Gasteiger partial charge in [0.05, 0.1) is 20.8 Å². The van der Waals surface area contributed by atoms with E-state index in [1.165, 1.54) is 0 Å². The Bertz CT molecular complexity index is 744. The lowest BCUT2D eigenvalue weighted by Gasteiger charge is -2.25. The largest absolute Gasteiger partial charge is 0.497 e.